The highest BCUT2D eigenvalue weighted by atomic mass is 32.1. The van der Waals surface area contributed by atoms with Crippen LogP contribution >= 0.6 is 11.3 Å². The van der Waals surface area contributed by atoms with Gasteiger partial charge in [-0.25, -0.2) is 4.98 Å². The zero-order chi connectivity index (χ0) is 16.6. The van der Waals surface area contributed by atoms with E-state index in [0.29, 0.717) is 5.89 Å². The standard InChI is InChI=1S/C15H21N5O2S/c1-15(2,3)14-17-7-9(23-14)8-20-6-4-5-10(20)13-18-12(11(16)21)19-22-13/h7,10H,4-6,8H2,1-3H3,(H2,16,21)/t10-/m1/s1. The van der Waals surface area contributed by atoms with Crippen molar-refractivity contribution in [3.63, 3.8) is 0 Å². The van der Waals surface area contributed by atoms with Crippen LogP contribution in [-0.2, 0) is 12.0 Å². The molecule has 8 heteroatoms. The molecule has 0 saturated carbocycles. The van der Waals surface area contributed by atoms with Gasteiger partial charge in [0.05, 0.1) is 11.0 Å². The molecule has 2 N–H and O–H groups in total. The average Bonchev–Trinajstić information content (AvgIpc) is 3.17. The Bertz CT molecular complexity index is 703. The van der Waals surface area contributed by atoms with Gasteiger partial charge in [0.15, 0.2) is 0 Å². The molecule has 2 aromatic heterocycles. The number of likely N-dealkylation sites (tertiary alicyclic amines) is 1. The van der Waals surface area contributed by atoms with Crippen molar-refractivity contribution in [1.29, 1.82) is 0 Å². The Balaban J connectivity index is 1.74. The van der Waals surface area contributed by atoms with Crippen LogP contribution in [0, 0.1) is 0 Å². The quantitative estimate of drug-likeness (QED) is 0.920. The number of rotatable bonds is 4. The van der Waals surface area contributed by atoms with Crippen LogP contribution in [0.25, 0.3) is 0 Å². The fourth-order valence-corrected chi connectivity index (χ4v) is 3.69. The smallest absolute Gasteiger partial charge is 0.290 e. The van der Waals surface area contributed by atoms with Crippen molar-refractivity contribution in [1.82, 2.24) is 20.0 Å². The summed E-state index contributed by atoms with van der Waals surface area (Å²) in [4.78, 5) is 23.3. The third-order valence-electron chi connectivity index (χ3n) is 3.86. The lowest BCUT2D eigenvalue weighted by Crippen LogP contribution is -2.22. The Morgan fingerprint density at radius 1 is 1.52 bits per heavy atom. The molecule has 3 heterocycles. The van der Waals surface area contributed by atoms with Crippen LogP contribution in [0.5, 0.6) is 0 Å². The minimum atomic E-state index is -0.665. The molecule has 1 aliphatic rings. The predicted octanol–water partition coefficient (Wildman–Crippen LogP) is 2.26. The summed E-state index contributed by atoms with van der Waals surface area (Å²) in [5.41, 5.74) is 5.25. The second kappa shape index (κ2) is 6.01. The summed E-state index contributed by atoms with van der Waals surface area (Å²) in [6.45, 7) is 8.25. The van der Waals surface area contributed by atoms with Crippen molar-refractivity contribution < 1.29 is 9.32 Å². The molecule has 3 rings (SSSR count). The molecular weight excluding hydrogens is 314 g/mol. The van der Waals surface area contributed by atoms with E-state index in [1.807, 2.05) is 6.20 Å². The van der Waals surface area contributed by atoms with E-state index in [2.05, 4.69) is 40.8 Å². The maximum Gasteiger partial charge on any atom is 0.290 e. The first-order chi connectivity index (χ1) is 10.8. The number of amides is 1. The minimum absolute atomic E-state index is 0.0378. The fourth-order valence-electron chi connectivity index (χ4n) is 2.69. The zero-order valence-electron chi connectivity index (χ0n) is 13.6. The van der Waals surface area contributed by atoms with Gasteiger partial charge in [-0.2, -0.15) is 4.98 Å². The molecule has 7 nitrogen and oxygen atoms in total. The molecule has 1 atom stereocenters. The second-order valence-corrected chi connectivity index (χ2v) is 7.95. The predicted molar refractivity (Wildman–Crippen MR) is 86.0 cm³/mol. The number of carbonyl (C=O) groups is 1. The van der Waals surface area contributed by atoms with E-state index in [1.54, 1.807) is 11.3 Å². The molecule has 2 aromatic rings. The molecule has 1 aliphatic heterocycles. The van der Waals surface area contributed by atoms with Crippen LogP contribution in [0.15, 0.2) is 10.7 Å². The molecule has 0 radical (unpaired) electrons. The number of hydrogen-bond donors (Lipinski definition) is 1. The number of nitrogens with zero attached hydrogens (tertiary/aromatic N) is 4. The average molecular weight is 335 g/mol. The molecule has 124 valence electrons. The van der Waals surface area contributed by atoms with Crippen molar-refractivity contribution in [3.05, 3.63) is 27.8 Å². The Morgan fingerprint density at radius 3 is 2.91 bits per heavy atom. The summed E-state index contributed by atoms with van der Waals surface area (Å²) in [7, 11) is 0. The molecule has 1 amide bonds. The minimum Gasteiger partial charge on any atom is -0.363 e. The highest BCUT2D eigenvalue weighted by Crippen LogP contribution is 2.34. The topological polar surface area (TPSA) is 98.1 Å². The summed E-state index contributed by atoms with van der Waals surface area (Å²) in [6, 6.07) is 0.0378. The number of thiazole rings is 1. The number of aromatic nitrogens is 3. The summed E-state index contributed by atoms with van der Waals surface area (Å²) in [5, 5.41) is 4.78. The maximum absolute atomic E-state index is 11.1. The summed E-state index contributed by atoms with van der Waals surface area (Å²) < 4.78 is 5.22. The second-order valence-electron chi connectivity index (χ2n) is 6.83. The van der Waals surface area contributed by atoms with E-state index >= 15 is 0 Å². The van der Waals surface area contributed by atoms with E-state index in [9.17, 15) is 4.79 Å². The van der Waals surface area contributed by atoms with Crippen LogP contribution in [0.3, 0.4) is 0 Å². The van der Waals surface area contributed by atoms with E-state index in [0.717, 1.165) is 30.9 Å². The van der Waals surface area contributed by atoms with Gasteiger partial charge in [0.1, 0.15) is 0 Å². The molecule has 23 heavy (non-hydrogen) atoms. The van der Waals surface area contributed by atoms with Crippen molar-refractivity contribution in [2.45, 2.75) is 51.6 Å². The number of hydrogen-bond acceptors (Lipinski definition) is 7. The van der Waals surface area contributed by atoms with Crippen LogP contribution in [0.4, 0.5) is 0 Å². The Labute approximate surface area is 138 Å². The molecule has 1 saturated heterocycles. The van der Waals surface area contributed by atoms with Gasteiger partial charge in [0.2, 0.25) is 5.89 Å². The van der Waals surface area contributed by atoms with Crippen LogP contribution < -0.4 is 5.73 Å². The first-order valence-electron chi connectivity index (χ1n) is 7.67. The van der Waals surface area contributed by atoms with Gasteiger partial charge in [0, 0.05) is 23.0 Å². The molecule has 0 unspecified atom stereocenters. The van der Waals surface area contributed by atoms with Crippen molar-refractivity contribution in [2.75, 3.05) is 6.54 Å². The van der Waals surface area contributed by atoms with Gasteiger partial charge >= 0.3 is 0 Å². The monoisotopic (exact) mass is 335 g/mol. The lowest BCUT2D eigenvalue weighted by atomic mass is 9.98. The van der Waals surface area contributed by atoms with E-state index in [-0.39, 0.29) is 17.3 Å². The molecule has 0 spiro atoms. The normalized spacial score (nSPS) is 19.3. The molecular formula is C15H21N5O2S. The third kappa shape index (κ3) is 3.42. The molecule has 1 fully saturated rings. The Morgan fingerprint density at radius 2 is 2.30 bits per heavy atom. The number of nitrogens with two attached hydrogens (primary N) is 1. The van der Waals surface area contributed by atoms with Crippen molar-refractivity contribution >= 4 is 17.2 Å². The Kier molecular flexibility index (Phi) is 4.20. The van der Waals surface area contributed by atoms with E-state index < -0.39 is 5.91 Å². The SMILES string of the molecule is CC(C)(C)c1ncc(CN2CCC[C@@H]2c2nc(C(N)=O)no2)s1. The van der Waals surface area contributed by atoms with Gasteiger partial charge in [-0.05, 0) is 19.4 Å². The molecule has 0 aliphatic carbocycles. The highest BCUT2D eigenvalue weighted by Gasteiger charge is 2.32. The fraction of sp³-hybridized carbons (Fsp3) is 0.600. The lowest BCUT2D eigenvalue weighted by molar-refractivity contribution is 0.0987. The van der Waals surface area contributed by atoms with Gasteiger partial charge < -0.3 is 10.3 Å². The summed E-state index contributed by atoms with van der Waals surface area (Å²) in [5.74, 6) is -0.252. The summed E-state index contributed by atoms with van der Waals surface area (Å²) in [6.07, 6.45) is 3.94. The van der Waals surface area contributed by atoms with Crippen molar-refractivity contribution in [3.8, 4) is 0 Å². The van der Waals surface area contributed by atoms with E-state index in [1.165, 1.54) is 4.88 Å². The van der Waals surface area contributed by atoms with Crippen LogP contribution in [0.2, 0.25) is 0 Å². The first-order valence-corrected chi connectivity index (χ1v) is 8.49. The lowest BCUT2D eigenvalue weighted by Gasteiger charge is -2.20. The van der Waals surface area contributed by atoms with Gasteiger partial charge in [0.25, 0.3) is 11.7 Å². The van der Waals surface area contributed by atoms with Gasteiger partial charge in [-0.3, -0.25) is 9.69 Å². The third-order valence-corrected chi connectivity index (χ3v) is 5.27. The van der Waals surface area contributed by atoms with Gasteiger partial charge in [-0.15, -0.1) is 11.3 Å². The molecule has 0 bridgehead atoms. The van der Waals surface area contributed by atoms with E-state index in [4.69, 9.17) is 10.3 Å². The highest BCUT2D eigenvalue weighted by molar-refractivity contribution is 7.11. The first kappa shape index (κ1) is 16.1. The van der Waals surface area contributed by atoms with Gasteiger partial charge in [-0.1, -0.05) is 25.9 Å². The molecule has 0 aromatic carbocycles. The number of carbonyl (C=O) groups excluding carboxylic acids is 1. The number of primary amides is 1. The van der Waals surface area contributed by atoms with Crippen molar-refractivity contribution in [2.24, 2.45) is 5.73 Å². The maximum atomic E-state index is 11.1. The van der Waals surface area contributed by atoms with Crippen LogP contribution in [-0.4, -0.2) is 32.5 Å². The zero-order valence-corrected chi connectivity index (χ0v) is 14.4. The van der Waals surface area contributed by atoms with Crippen LogP contribution in [0.1, 0.15) is 66.0 Å². The summed E-state index contributed by atoms with van der Waals surface area (Å²) >= 11 is 1.74. The largest absolute Gasteiger partial charge is 0.363 e. The Hall–Kier alpha value is -1.80.